The first-order valence-electron chi connectivity index (χ1n) is 11.7. The molecule has 3 aromatic heterocycles. The molecular weight excluding hydrogens is 474 g/mol. The SMILES string of the molecule is COc1cc(-c2nccc3nc(Nc4ccc5c(c4)N(C(=O)OC(C)(C)C)C(=O)C5(C)C)nn23)ccn1. The van der Waals surface area contributed by atoms with Gasteiger partial charge in [-0.1, -0.05) is 6.07 Å². The van der Waals surface area contributed by atoms with Crippen molar-refractivity contribution in [1.29, 1.82) is 0 Å². The van der Waals surface area contributed by atoms with E-state index in [0.717, 1.165) is 16.0 Å². The number of fused-ring (bicyclic) bond motifs is 2. The lowest BCUT2D eigenvalue weighted by Crippen LogP contribution is -2.43. The number of carbonyl (C=O) groups is 2. The Bertz CT molecular complexity index is 1540. The number of rotatable bonds is 4. The van der Waals surface area contributed by atoms with Gasteiger partial charge in [0, 0.05) is 35.8 Å². The van der Waals surface area contributed by atoms with Crippen molar-refractivity contribution in [2.24, 2.45) is 0 Å². The van der Waals surface area contributed by atoms with Crippen molar-refractivity contribution in [3.05, 3.63) is 54.4 Å². The van der Waals surface area contributed by atoms with Crippen LogP contribution in [0.4, 0.5) is 22.1 Å². The van der Waals surface area contributed by atoms with Crippen molar-refractivity contribution in [2.45, 2.75) is 45.6 Å². The van der Waals surface area contributed by atoms with E-state index in [1.807, 2.05) is 18.2 Å². The Balaban J connectivity index is 1.50. The molecule has 1 aromatic carbocycles. The van der Waals surface area contributed by atoms with Crippen LogP contribution in [0, 0.1) is 0 Å². The zero-order chi connectivity index (χ0) is 26.5. The minimum Gasteiger partial charge on any atom is -0.481 e. The van der Waals surface area contributed by atoms with Gasteiger partial charge in [-0.3, -0.25) is 4.79 Å². The second-order valence-electron chi connectivity index (χ2n) is 10.2. The second kappa shape index (κ2) is 8.54. The number of nitrogens with one attached hydrogen (secondary N) is 1. The van der Waals surface area contributed by atoms with Crippen LogP contribution in [0.25, 0.3) is 17.0 Å². The predicted octanol–water partition coefficient (Wildman–Crippen LogP) is 4.50. The number of carbonyl (C=O) groups excluding carboxylic acids is 2. The molecule has 1 aliphatic rings. The Morgan fingerprint density at radius 2 is 1.81 bits per heavy atom. The number of pyridine rings is 1. The second-order valence-corrected chi connectivity index (χ2v) is 10.2. The van der Waals surface area contributed by atoms with Gasteiger partial charge in [0.1, 0.15) is 5.60 Å². The fourth-order valence-electron chi connectivity index (χ4n) is 4.17. The Morgan fingerprint density at radius 3 is 2.54 bits per heavy atom. The van der Waals surface area contributed by atoms with Crippen LogP contribution >= 0.6 is 0 Å². The van der Waals surface area contributed by atoms with Gasteiger partial charge in [0.15, 0.2) is 11.5 Å². The Labute approximate surface area is 213 Å². The summed E-state index contributed by atoms with van der Waals surface area (Å²) >= 11 is 0. The van der Waals surface area contributed by atoms with Crippen molar-refractivity contribution < 1.29 is 19.1 Å². The van der Waals surface area contributed by atoms with Crippen LogP contribution in [-0.2, 0) is 14.9 Å². The number of hydrogen-bond acceptors (Lipinski definition) is 9. The van der Waals surface area contributed by atoms with E-state index < -0.39 is 17.1 Å². The van der Waals surface area contributed by atoms with Gasteiger partial charge in [0.25, 0.3) is 0 Å². The third-order valence-corrected chi connectivity index (χ3v) is 5.94. The number of imide groups is 1. The predicted molar refractivity (Wildman–Crippen MR) is 137 cm³/mol. The number of hydrogen-bond donors (Lipinski definition) is 1. The molecule has 0 radical (unpaired) electrons. The molecule has 190 valence electrons. The molecule has 0 unspecified atom stereocenters. The number of ether oxygens (including phenoxy) is 2. The number of methoxy groups -OCH3 is 1. The molecular formula is C26H27N7O4. The summed E-state index contributed by atoms with van der Waals surface area (Å²) in [6.07, 6.45) is 2.57. The molecule has 0 fully saturated rings. The average molecular weight is 502 g/mol. The first-order valence-corrected chi connectivity index (χ1v) is 11.7. The highest BCUT2D eigenvalue weighted by Gasteiger charge is 2.48. The number of benzene rings is 1. The molecule has 0 bridgehead atoms. The third kappa shape index (κ3) is 4.32. The van der Waals surface area contributed by atoms with Crippen molar-refractivity contribution >= 4 is 35.0 Å². The van der Waals surface area contributed by atoms with Crippen molar-refractivity contribution in [1.82, 2.24) is 24.6 Å². The summed E-state index contributed by atoms with van der Waals surface area (Å²) in [5, 5.41) is 7.75. The molecule has 1 N–H and O–H groups in total. The topological polar surface area (TPSA) is 124 Å². The normalized spacial score (nSPS) is 14.5. The molecule has 2 amide bonds. The highest BCUT2D eigenvalue weighted by atomic mass is 16.6. The average Bonchev–Trinajstić information content (AvgIpc) is 3.33. The highest BCUT2D eigenvalue weighted by molar-refractivity contribution is 6.21. The summed E-state index contributed by atoms with van der Waals surface area (Å²) in [7, 11) is 1.55. The Morgan fingerprint density at radius 1 is 1.05 bits per heavy atom. The molecule has 0 aliphatic carbocycles. The van der Waals surface area contributed by atoms with Crippen LogP contribution in [0.2, 0.25) is 0 Å². The van der Waals surface area contributed by atoms with Gasteiger partial charge >= 0.3 is 6.09 Å². The zero-order valence-electron chi connectivity index (χ0n) is 21.4. The number of amides is 2. The first kappa shape index (κ1) is 24.2. The molecule has 0 saturated heterocycles. The molecule has 5 rings (SSSR count). The van der Waals surface area contributed by atoms with Crippen LogP contribution in [0.3, 0.4) is 0 Å². The van der Waals surface area contributed by atoms with Crippen LogP contribution in [0.1, 0.15) is 40.2 Å². The monoisotopic (exact) mass is 501 g/mol. The third-order valence-electron chi connectivity index (χ3n) is 5.94. The summed E-state index contributed by atoms with van der Waals surface area (Å²) in [5.41, 5.74) is 1.52. The maximum Gasteiger partial charge on any atom is 0.421 e. The number of nitrogens with zero attached hydrogens (tertiary/aromatic N) is 6. The van der Waals surface area contributed by atoms with E-state index in [0.29, 0.717) is 34.7 Å². The van der Waals surface area contributed by atoms with Gasteiger partial charge in [-0.2, -0.15) is 9.50 Å². The molecule has 37 heavy (non-hydrogen) atoms. The Hall–Kier alpha value is -4.54. The molecule has 4 aromatic rings. The molecule has 4 heterocycles. The molecule has 0 saturated carbocycles. The minimum atomic E-state index is -0.877. The lowest BCUT2D eigenvalue weighted by atomic mass is 9.86. The molecule has 0 spiro atoms. The van der Waals surface area contributed by atoms with Crippen molar-refractivity contribution in [2.75, 3.05) is 17.3 Å². The first-order chi connectivity index (χ1) is 17.5. The summed E-state index contributed by atoms with van der Waals surface area (Å²) in [5.74, 6) is 1.00. The maximum absolute atomic E-state index is 13.2. The summed E-state index contributed by atoms with van der Waals surface area (Å²) in [6.45, 7) is 8.86. The van der Waals surface area contributed by atoms with Crippen LogP contribution in [0.5, 0.6) is 5.88 Å². The number of anilines is 3. The minimum absolute atomic E-state index is 0.322. The largest absolute Gasteiger partial charge is 0.481 e. The van der Waals surface area contributed by atoms with Gasteiger partial charge in [-0.25, -0.2) is 19.7 Å². The molecule has 11 heteroatoms. The Kier molecular flexibility index (Phi) is 5.58. The molecule has 0 atom stereocenters. The zero-order valence-corrected chi connectivity index (χ0v) is 21.4. The smallest absolute Gasteiger partial charge is 0.421 e. The lowest BCUT2D eigenvalue weighted by Gasteiger charge is -2.24. The van der Waals surface area contributed by atoms with E-state index in [-0.39, 0.29) is 5.91 Å². The molecule has 11 nitrogen and oxygen atoms in total. The van der Waals surface area contributed by atoms with Gasteiger partial charge in [-0.05, 0) is 58.4 Å². The lowest BCUT2D eigenvalue weighted by molar-refractivity contribution is -0.121. The van der Waals surface area contributed by atoms with Gasteiger partial charge < -0.3 is 14.8 Å². The van der Waals surface area contributed by atoms with Crippen LogP contribution in [-0.4, -0.2) is 49.3 Å². The summed E-state index contributed by atoms with van der Waals surface area (Å²) in [6, 6.07) is 10.7. The summed E-state index contributed by atoms with van der Waals surface area (Å²) < 4.78 is 12.4. The van der Waals surface area contributed by atoms with E-state index in [1.54, 1.807) is 76.8 Å². The van der Waals surface area contributed by atoms with Crippen LogP contribution in [0.15, 0.2) is 48.8 Å². The van der Waals surface area contributed by atoms with E-state index in [9.17, 15) is 9.59 Å². The van der Waals surface area contributed by atoms with Crippen LogP contribution < -0.4 is 15.0 Å². The molecule has 1 aliphatic heterocycles. The number of aromatic nitrogens is 5. The standard InChI is InChI=1S/C26H27N7O4/c1-25(2,3)37-24(35)32-18-14-16(7-8-17(18)26(4,5)22(32)34)29-23-30-19-10-12-28-21(33(19)31-23)15-9-11-27-20(13-15)36-6/h7-14H,1-6H3,(H,29,31). The van der Waals surface area contributed by atoms with Gasteiger partial charge in [0.05, 0.1) is 18.2 Å². The summed E-state index contributed by atoms with van der Waals surface area (Å²) in [4.78, 5) is 40.4. The fraction of sp³-hybridized carbons (Fsp3) is 0.308. The maximum atomic E-state index is 13.2. The van der Waals surface area contributed by atoms with Gasteiger partial charge in [0.2, 0.25) is 17.7 Å². The van der Waals surface area contributed by atoms with E-state index in [2.05, 4.69) is 25.4 Å². The fourth-order valence-corrected chi connectivity index (χ4v) is 4.17. The van der Waals surface area contributed by atoms with E-state index in [1.165, 1.54) is 0 Å². The van der Waals surface area contributed by atoms with Gasteiger partial charge in [-0.15, -0.1) is 5.10 Å². The van der Waals surface area contributed by atoms with E-state index >= 15 is 0 Å². The van der Waals surface area contributed by atoms with Crippen molar-refractivity contribution in [3.63, 3.8) is 0 Å². The quantitative estimate of drug-likeness (QED) is 0.430. The van der Waals surface area contributed by atoms with E-state index in [4.69, 9.17) is 9.47 Å². The highest BCUT2D eigenvalue weighted by Crippen LogP contribution is 2.43. The van der Waals surface area contributed by atoms with Crippen molar-refractivity contribution in [3.8, 4) is 17.3 Å².